The summed E-state index contributed by atoms with van der Waals surface area (Å²) in [7, 11) is 0. The normalized spacial score (nSPS) is 11.6. The lowest BCUT2D eigenvalue weighted by molar-refractivity contribution is -0.127. The lowest BCUT2D eigenvalue weighted by atomic mass is 10.2. The second kappa shape index (κ2) is 13.0. The third kappa shape index (κ3) is 12.8. The molecule has 0 fully saturated rings. The zero-order valence-corrected chi connectivity index (χ0v) is 11.2. The standard InChI is InChI=1S/C12H22N2O5/c1-11(3-2-5-15)14-12(17)9-19-8-7-18-6-4-13-10-16/h5,10-11H,2-4,6-9H2,1H3,(H,13,16)(H,14,17). The topological polar surface area (TPSA) is 93.7 Å². The summed E-state index contributed by atoms with van der Waals surface area (Å²) in [6.07, 6.45) is 2.50. The molecule has 1 unspecified atom stereocenters. The van der Waals surface area contributed by atoms with Crippen molar-refractivity contribution in [3.63, 3.8) is 0 Å². The summed E-state index contributed by atoms with van der Waals surface area (Å²) in [5.41, 5.74) is 0. The van der Waals surface area contributed by atoms with E-state index in [2.05, 4.69) is 10.6 Å². The van der Waals surface area contributed by atoms with Crippen LogP contribution in [0.5, 0.6) is 0 Å². The first-order valence-electron chi connectivity index (χ1n) is 6.26. The SMILES string of the molecule is CC(CCC=O)NC(=O)COCCOCCNC=O. The van der Waals surface area contributed by atoms with Gasteiger partial charge in [-0.2, -0.15) is 0 Å². The molecule has 0 aliphatic heterocycles. The van der Waals surface area contributed by atoms with E-state index >= 15 is 0 Å². The van der Waals surface area contributed by atoms with Crippen LogP contribution in [0.2, 0.25) is 0 Å². The van der Waals surface area contributed by atoms with Crippen LogP contribution in [-0.4, -0.2) is 57.6 Å². The van der Waals surface area contributed by atoms with Crippen molar-refractivity contribution in [2.45, 2.75) is 25.8 Å². The molecular weight excluding hydrogens is 252 g/mol. The first kappa shape index (κ1) is 17.5. The molecule has 0 saturated heterocycles. The Labute approximate surface area is 113 Å². The fraction of sp³-hybridized carbons (Fsp3) is 0.750. The molecule has 7 nitrogen and oxygen atoms in total. The highest BCUT2D eigenvalue weighted by atomic mass is 16.5. The van der Waals surface area contributed by atoms with Crippen LogP contribution in [0.15, 0.2) is 0 Å². The number of carbonyl (C=O) groups is 3. The van der Waals surface area contributed by atoms with Crippen molar-refractivity contribution >= 4 is 18.6 Å². The third-order valence-electron chi connectivity index (χ3n) is 2.20. The molecule has 0 rings (SSSR count). The van der Waals surface area contributed by atoms with Crippen LogP contribution in [0.4, 0.5) is 0 Å². The molecule has 0 radical (unpaired) electrons. The summed E-state index contributed by atoms with van der Waals surface area (Å²) in [5, 5.41) is 5.18. The van der Waals surface area contributed by atoms with Gasteiger partial charge >= 0.3 is 0 Å². The Morgan fingerprint density at radius 1 is 1.21 bits per heavy atom. The Balaban J connectivity index is 3.33. The summed E-state index contributed by atoms with van der Waals surface area (Å²) in [5.74, 6) is -0.207. The molecule has 0 saturated carbocycles. The van der Waals surface area contributed by atoms with Gasteiger partial charge in [0.1, 0.15) is 12.9 Å². The molecule has 1 atom stereocenters. The van der Waals surface area contributed by atoms with Gasteiger partial charge in [-0.15, -0.1) is 0 Å². The van der Waals surface area contributed by atoms with E-state index < -0.39 is 0 Å². The average Bonchev–Trinajstić information content (AvgIpc) is 2.39. The van der Waals surface area contributed by atoms with Crippen LogP contribution in [-0.2, 0) is 23.9 Å². The molecule has 0 aromatic carbocycles. The molecule has 19 heavy (non-hydrogen) atoms. The summed E-state index contributed by atoms with van der Waals surface area (Å²) < 4.78 is 10.2. The van der Waals surface area contributed by atoms with Gasteiger partial charge in [0.15, 0.2) is 0 Å². The Morgan fingerprint density at radius 3 is 2.63 bits per heavy atom. The predicted octanol–water partition coefficient (Wildman–Crippen LogP) is -0.751. The molecule has 0 aromatic heterocycles. The first-order chi connectivity index (χ1) is 9.20. The lowest BCUT2D eigenvalue weighted by Gasteiger charge is -2.12. The quantitative estimate of drug-likeness (QED) is 0.340. The number of aldehydes is 1. The van der Waals surface area contributed by atoms with Gasteiger partial charge in [0, 0.05) is 19.0 Å². The van der Waals surface area contributed by atoms with Crippen LogP contribution >= 0.6 is 0 Å². The molecule has 2 amide bonds. The third-order valence-corrected chi connectivity index (χ3v) is 2.20. The molecule has 0 aliphatic carbocycles. The average molecular weight is 274 g/mol. The molecule has 7 heteroatoms. The first-order valence-corrected chi connectivity index (χ1v) is 6.26. The summed E-state index contributed by atoms with van der Waals surface area (Å²) in [4.78, 5) is 31.4. The number of ether oxygens (including phenoxy) is 2. The number of hydrogen-bond donors (Lipinski definition) is 2. The van der Waals surface area contributed by atoms with Gasteiger partial charge in [0.05, 0.1) is 19.8 Å². The van der Waals surface area contributed by atoms with Crippen LogP contribution in [0.1, 0.15) is 19.8 Å². The van der Waals surface area contributed by atoms with Crippen molar-refractivity contribution in [2.24, 2.45) is 0 Å². The van der Waals surface area contributed by atoms with Crippen molar-refractivity contribution in [1.29, 1.82) is 0 Å². The fourth-order valence-corrected chi connectivity index (χ4v) is 1.28. The Morgan fingerprint density at radius 2 is 1.95 bits per heavy atom. The molecule has 0 bridgehead atoms. The maximum atomic E-state index is 11.4. The highest BCUT2D eigenvalue weighted by Crippen LogP contribution is 1.93. The largest absolute Gasteiger partial charge is 0.377 e. The molecule has 0 aromatic rings. The predicted molar refractivity (Wildman–Crippen MR) is 68.6 cm³/mol. The van der Waals surface area contributed by atoms with Gasteiger partial charge in [-0.05, 0) is 13.3 Å². The van der Waals surface area contributed by atoms with E-state index in [9.17, 15) is 14.4 Å². The van der Waals surface area contributed by atoms with Crippen LogP contribution in [0.3, 0.4) is 0 Å². The van der Waals surface area contributed by atoms with Crippen LogP contribution < -0.4 is 10.6 Å². The van der Waals surface area contributed by atoms with Gasteiger partial charge in [0.25, 0.3) is 0 Å². The Kier molecular flexibility index (Phi) is 12.0. The molecule has 0 aliphatic rings. The van der Waals surface area contributed by atoms with Crippen LogP contribution in [0, 0.1) is 0 Å². The number of carbonyl (C=O) groups excluding carboxylic acids is 3. The van der Waals surface area contributed by atoms with E-state index in [1.807, 2.05) is 6.92 Å². The Bertz CT molecular complexity index is 261. The van der Waals surface area contributed by atoms with Gasteiger partial charge in [-0.1, -0.05) is 0 Å². The number of rotatable bonds is 13. The number of hydrogen-bond acceptors (Lipinski definition) is 5. The highest BCUT2D eigenvalue weighted by molar-refractivity contribution is 5.77. The van der Waals surface area contributed by atoms with Gasteiger partial charge in [-0.3, -0.25) is 9.59 Å². The molecule has 110 valence electrons. The monoisotopic (exact) mass is 274 g/mol. The van der Waals surface area contributed by atoms with E-state index in [0.717, 1.165) is 6.29 Å². The molecular formula is C12H22N2O5. The van der Waals surface area contributed by atoms with Crippen LogP contribution in [0.25, 0.3) is 0 Å². The van der Waals surface area contributed by atoms with E-state index in [4.69, 9.17) is 9.47 Å². The minimum atomic E-state index is -0.207. The van der Waals surface area contributed by atoms with Gasteiger partial charge < -0.3 is 24.9 Å². The van der Waals surface area contributed by atoms with Crippen molar-refractivity contribution in [3.8, 4) is 0 Å². The van der Waals surface area contributed by atoms with E-state index in [0.29, 0.717) is 45.6 Å². The fourth-order valence-electron chi connectivity index (χ4n) is 1.28. The summed E-state index contributed by atoms with van der Waals surface area (Å²) in [6.45, 7) is 3.37. The van der Waals surface area contributed by atoms with E-state index in [-0.39, 0.29) is 18.6 Å². The molecule has 2 N–H and O–H groups in total. The Hall–Kier alpha value is -1.47. The molecule has 0 spiro atoms. The lowest BCUT2D eigenvalue weighted by Crippen LogP contribution is -2.35. The maximum absolute atomic E-state index is 11.4. The van der Waals surface area contributed by atoms with Crippen molar-refractivity contribution in [2.75, 3.05) is 33.0 Å². The van der Waals surface area contributed by atoms with Crippen molar-refractivity contribution < 1.29 is 23.9 Å². The van der Waals surface area contributed by atoms with E-state index in [1.54, 1.807) is 0 Å². The van der Waals surface area contributed by atoms with Crippen molar-refractivity contribution in [3.05, 3.63) is 0 Å². The second-order valence-electron chi connectivity index (χ2n) is 3.95. The minimum absolute atomic E-state index is 0.0264. The highest BCUT2D eigenvalue weighted by Gasteiger charge is 2.06. The van der Waals surface area contributed by atoms with Gasteiger partial charge in [-0.25, -0.2) is 0 Å². The van der Waals surface area contributed by atoms with E-state index in [1.165, 1.54) is 0 Å². The smallest absolute Gasteiger partial charge is 0.246 e. The second-order valence-corrected chi connectivity index (χ2v) is 3.95. The number of nitrogens with one attached hydrogen (secondary N) is 2. The summed E-state index contributed by atoms with van der Waals surface area (Å²) >= 11 is 0. The summed E-state index contributed by atoms with van der Waals surface area (Å²) in [6, 6.07) is -0.0352. The van der Waals surface area contributed by atoms with Gasteiger partial charge in [0.2, 0.25) is 12.3 Å². The zero-order valence-electron chi connectivity index (χ0n) is 11.2. The molecule has 0 heterocycles. The van der Waals surface area contributed by atoms with Crippen molar-refractivity contribution in [1.82, 2.24) is 10.6 Å². The number of amides is 2. The minimum Gasteiger partial charge on any atom is -0.377 e. The zero-order chi connectivity index (χ0) is 14.3. The maximum Gasteiger partial charge on any atom is 0.246 e.